The van der Waals surface area contributed by atoms with Gasteiger partial charge in [0, 0.05) is 36.0 Å². The smallest absolute Gasteiger partial charge is 0.303 e. The summed E-state index contributed by atoms with van der Waals surface area (Å²) >= 11 is 0. The predicted molar refractivity (Wildman–Crippen MR) is 189 cm³/mol. The molecule has 1 aliphatic heterocycles. The number of nitrogens with zero attached hydrogens (tertiary/aromatic N) is 3. The number of carbonyl (C=O) groups is 2. The van der Waals surface area contributed by atoms with E-state index in [4.69, 9.17) is 15.1 Å². The van der Waals surface area contributed by atoms with E-state index in [1.54, 1.807) is 12.1 Å². The van der Waals surface area contributed by atoms with Gasteiger partial charge in [-0.1, -0.05) is 103 Å². The van der Waals surface area contributed by atoms with E-state index in [1.165, 1.54) is 18.1 Å². The Bertz CT molecular complexity index is 1850. The summed E-state index contributed by atoms with van der Waals surface area (Å²) in [5, 5.41) is 20.3. The van der Waals surface area contributed by atoms with Gasteiger partial charge in [-0.3, -0.25) is 9.59 Å². The maximum Gasteiger partial charge on any atom is 0.303 e. The number of phenols is 1. The van der Waals surface area contributed by atoms with Crippen LogP contribution >= 0.6 is 0 Å². The molecule has 1 aromatic heterocycles. The third kappa shape index (κ3) is 8.41. The van der Waals surface area contributed by atoms with E-state index in [2.05, 4.69) is 67.3 Å². The van der Waals surface area contributed by atoms with Gasteiger partial charge in [0.2, 0.25) is 0 Å². The molecule has 47 heavy (non-hydrogen) atoms. The first-order valence-electron chi connectivity index (χ1n) is 16.4. The molecule has 0 spiro atoms. The van der Waals surface area contributed by atoms with Gasteiger partial charge in [-0.05, 0) is 57.9 Å². The third-order valence-corrected chi connectivity index (χ3v) is 8.59. The Balaban J connectivity index is 0.000000257. The molecule has 7 nitrogen and oxygen atoms in total. The fraction of sp³-hybridized carbons (Fsp3) is 0.300. The van der Waals surface area contributed by atoms with Crippen LogP contribution in [-0.2, 0) is 11.2 Å². The number of aryl methyl sites for hydroxylation is 3. The van der Waals surface area contributed by atoms with Crippen molar-refractivity contribution >= 4 is 28.3 Å². The summed E-state index contributed by atoms with van der Waals surface area (Å²) in [6.07, 6.45) is 6.09. The number of carboxylic acids is 1. The van der Waals surface area contributed by atoms with Crippen molar-refractivity contribution in [2.45, 2.75) is 65.7 Å². The second kappa shape index (κ2) is 15.5. The van der Waals surface area contributed by atoms with Gasteiger partial charge in [0.1, 0.15) is 5.75 Å². The Morgan fingerprint density at radius 3 is 2.02 bits per heavy atom. The summed E-state index contributed by atoms with van der Waals surface area (Å²) in [5.41, 5.74) is 8.00. The number of aromatic hydroxyl groups is 1. The topological polar surface area (TPSA) is 104 Å². The molecule has 6 rings (SSSR count). The Labute approximate surface area is 277 Å². The monoisotopic (exact) mass is 629 g/mol. The van der Waals surface area contributed by atoms with Crippen LogP contribution in [0.4, 0.5) is 5.82 Å². The van der Waals surface area contributed by atoms with Crippen molar-refractivity contribution in [3.63, 3.8) is 0 Å². The first kappa shape index (κ1) is 33.3. The minimum Gasteiger partial charge on any atom is -0.507 e. The maximum atomic E-state index is 11.1. The molecule has 0 bridgehead atoms. The Morgan fingerprint density at radius 2 is 1.38 bits per heavy atom. The molecular weight excluding hydrogens is 586 g/mol. The van der Waals surface area contributed by atoms with Gasteiger partial charge in [-0.25, -0.2) is 9.97 Å². The zero-order chi connectivity index (χ0) is 33.3. The van der Waals surface area contributed by atoms with Crippen molar-refractivity contribution in [3.05, 3.63) is 107 Å². The molecule has 0 unspecified atom stereocenters. The molecule has 7 heteroatoms. The lowest BCUT2D eigenvalue weighted by Crippen LogP contribution is -2.32. The molecule has 0 fully saturated rings. The van der Waals surface area contributed by atoms with E-state index >= 15 is 0 Å². The number of anilines is 1. The fourth-order valence-electron chi connectivity index (χ4n) is 5.94. The highest BCUT2D eigenvalue weighted by Gasteiger charge is 2.23. The van der Waals surface area contributed by atoms with Crippen molar-refractivity contribution < 1.29 is 19.8 Å². The highest BCUT2D eigenvalue weighted by molar-refractivity contribution is 6.03. The second-order valence-corrected chi connectivity index (χ2v) is 12.3. The number of phenolic OH excluding ortho intramolecular Hbond substituents is 1. The average Bonchev–Trinajstić information content (AvgIpc) is 3.07. The molecule has 1 aliphatic rings. The van der Waals surface area contributed by atoms with E-state index < -0.39 is 5.97 Å². The number of hydrogen-bond donors (Lipinski definition) is 2. The van der Waals surface area contributed by atoms with Crippen LogP contribution in [-0.4, -0.2) is 45.0 Å². The number of aliphatic carboxylic acids is 1. The average molecular weight is 630 g/mol. The van der Waals surface area contributed by atoms with E-state index in [9.17, 15) is 14.7 Å². The summed E-state index contributed by atoms with van der Waals surface area (Å²) in [5.74, 6) is 0.269. The first-order valence-corrected chi connectivity index (χ1v) is 16.4. The van der Waals surface area contributed by atoms with Crippen molar-refractivity contribution in [2.75, 3.05) is 18.0 Å². The van der Waals surface area contributed by atoms with Gasteiger partial charge in [0.25, 0.3) is 0 Å². The lowest BCUT2D eigenvalue weighted by molar-refractivity contribution is -0.137. The van der Waals surface area contributed by atoms with E-state index in [-0.39, 0.29) is 18.0 Å². The quantitative estimate of drug-likeness (QED) is 0.117. The number of benzene rings is 4. The molecule has 0 amide bonds. The summed E-state index contributed by atoms with van der Waals surface area (Å²) in [6, 6.07) is 28.0. The molecule has 2 N–H and O–H groups in total. The third-order valence-electron chi connectivity index (χ3n) is 8.59. The molecule has 2 heterocycles. The molecule has 0 aliphatic carbocycles. The molecule has 0 radical (unpaired) electrons. The van der Waals surface area contributed by atoms with E-state index in [0.29, 0.717) is 5.56 Å². The van der Waals surface area contributed by atoms with Crippen molar-refractivity contribution in [1.82, 2.24) is 9.97 Å². The molecule has 0 atom stereocenters. The minimum atomic E-state index is -0.705. The van der Waals surface area contributed by atoms with Crippen LogP contribution in [0.5, 0.6) is 5.75 Å². The van der Waals surface area contributed by atoms with Crippen molar-refractivity contribution in [1.29, 1.82) is 0 Å². The fourth-order valence-corrected chi connectivity index (χ4v) is 5.94. The minimum absolute atomic E-state index is 0.0793. The summed E-state index contributed by atoms with van der Waals surface area (Å²) in [4.78, 5) is 34.6. The number of aromatic nitrogens is 2. The molecule has 242 valence electrons. The van der Waals surface area contributed by atoms with Crippen molar-refractivity contribution in [3.8, 4) is 28.3 Å². The highest BCUT2D eigenvalue weighted by Crippen LogP contribution is 2.35. The molecule has 0 saturated carbocycles. The second-order valence-electron chi connectivity index (χ2n) is 12.3. The van der Waals surface area contributed by atoms with Crippen LogP contribution in [0.3, 0.4) is 0 Å². The Kier molecular flexibility index (Phi) is 11.0. The Hall–Kier alpha value is -5.04. The normalized spacial score (nSPS) is 12.3. The summed E-state index contributed by atoms with van der Waals surface area (Å²) in [6.45, 7) is 7.58. The number of carbonyl (C=O) groups excluding carboxylic acids is 1. The largest absolute Gasteiger partial charge is 0.507 e. The summed E-state index contributed by atoms with van der Waals surface area (Å²) in [7, 11) is 0. The van der Waals surface area contributed by atoms with E-state index in [0.717, 1.165) is 96.4 Å². The molecule has 5 aromatic rings. The molecule has 0 saturated heterocycles. The van der Waals surface area contributed by atoms with Crippen LogP contribution in [0, 0.1) is 13.8 Å². The highest BCUT2D eigenvalue weighted by atomic mass is 16.4. The zero-order valence-corrected chi connectivity index (χ0v) is 27.5. The predicted octanol–water partition coefficient (Wildman–Crippen LogP) is 8.96. The van der Waals surface area contributed by atoms with Gasteiger partial charge in [0.15, 0.2) is 11.6 Å². The van der Waals surface area contributed by atoms with Gasteiger partial charge in [0.05, 0.1) is 22.6 Å². The van der Waals surface area contributed by atoms with Gasteiger partial charge in [-0.15, -0.1) is 0 Å². The van der Waals surface area contributed by atoms with Gasteiger partial charge < -0.3 is 15.1 Å². The Morgan fingerprint density at radius 1 is 0.766 bits per heavy atom. The lowest BCUT2D eigenvalue weighted by atomic mass is 10.0. The van der Waals surface area contributed by atoms with Crippen LogP contribution in [0.2, 0.25) is 0 Å². The number of unbranched alkanes of at least 4 members (excludes halogenated alkanes) is 3. The van der Waals surface area contributed by atoms with E-state index in [1.807, 2.05) is 24.3 Å². The number of fused-ring (bicyclic) bond motifs is 2. The van der Waals surface area contributed by atoms with Gasteiger partial charge >= 0.3 is 5.97 Å². The molecular formula is C40H43N3O4. The number of carboxylic acid groups (broad SMARTS) is 1. The van der Waals surface area contributed by atoms with Crippen LogP contribution < -0.4 is 4.90 Å². The van der Waals surface area contributed by atoms with Gasteiger partial charge in [-0.2, -0.15) is 0 Å². The maximum absolute atomic E-state index is 11.1. The van der Waals surface area contributed by atoms with Crippen molar-refractivity contribution in [2.24, 2.45) is 0 Å². The lowest BCUT2D eigenvalue weighted by Gasteiger charge is -2.30. The standard InChI is InChI=1S/C28H33N3O2.C12H10O2/c1-20-10-14-22(15-11-20)26-27(23-16-12-21(2)13-17-23)30-28-24(29-26)8-7-19-31(28)18-6-4-3-5-9-25(32)33;1-8(13)10-7-6-9-4-2-3-5-11(9)12(10)14/h10-17H,3-9,18-19H2,1-2H3,(H,32,33);2-7,14H,1H3. The van der Waals surface area contributed by atoms with Crippen LogP contribution in [0.15, 0.2) is 84.9 Å². The number of hydrogen-bond acceptors (Lipinski definition) is 6. The summed E-state index contributed by atoms with van der Waals surface area (Å²) < 4.78 is 0. The van der Waals surface area contributed by atoms with Crippen LogP contribution in [0.1, 0.15) is 72.6 Å². The molecule has 4 aromatic carbocycles. The number of ketones is 1. The zero-order valence-electron chi connectivity index (χ0n) is 27.5. The number of rotatable bonds is 10. The first-order chi connectivity index (χ1) is 22.7. The number of Topliss-reactive ketones (excluding diaryl/α,β-unsaturated/α-hetero) is 1. The SMILES string of the molecule is CC(=O)c1ccc2ccccc2c1O.Cc1ccc(-c2nc3c(nc2-c2ccc(C)cc2)N(CCCCCCC(=O)O)CCC3)cc1. The van der Waals surface area contributed by atoms with Crippen LogP contribution in [0.25, 0.3) is 33.3 Å².